The first-order valence-electron chi connectivity index (χ1n) is 11.5. The number of rotatable bonds is 10. The van der Waals surface area contributed by atoms with Crippen LogP contribution in [0.15, 0.2) is 66.7 Å². The monoisotopic (exact) mass is 476 g/mol. The van der Waals surface area contributed by atoms with Gasteiger partial charge in [0.05, 0.1) is 26.3 Å². The highest BCUT2D eigenvalue weighted by Gasteiger charge is 2.18. The number of benzene rings is 3. The quantitative estimate of drug-likeness (QED) is 0.341. The number of fused-ring (bicyclic) bond motifs is 1. The van der Waals surface area contributed by atoms with Gasteiger partial charge in [-0.1, -0.05) is 24.3 Å². The number of carbonyl (C=O) groups is 1. The maximum atomic E-state index is 13.4. The average Bonchev–Trinajstić information content (AvgIpc) is 3.24. The number of methoxy groups -OCH3 is 2. The van der Waals surface area contributed by atoms with Crippen molar-refractivity contribution < 1.29 is 23.4 Å². The maximum Gasteiger partial charge on any atom is 0.267 e. The lowest BCUT2D eigenvalue weighted by Gasteiger charge is -2.13. The summed E-state index contributed by atoms with van der Waals surface area (Å²) in [7, 11) is 3.19. The van der Waals surface area contributed by atoms with Gasteiger partial charge in [0.1, 0.15) is 17.3 Å². The fourth-order valence-corrected chi connectivity index (χ4v) is 4.12. The van der Waals surface area contributed by atoms with Crippen molar-refractivity contribution in [3.8, 4) is 17.2 Å². The Morgan fingerprint density at radius 3 is 2.37 bits per heavy atom. The summed E-state index contributed by atoms with van der Waals surface area (Å²) < 4.78 is 31.8. The lowest BCUT2D eigenvalue weighted by Crippen LogP contribution is -2.28. The van der Waals surface area contributed by atoms with Crippen LogP contribution in [0.3, 0.4) is 0 Å². The highest BCUT2D eigenvalue weighted by molar-refractivity contribution is 6.00. The molecule has 6 nitrogen and oxygen atoms in total. The number of nitrogens with one attached hydrogen (secondary N) is 1. The third-order valence-electron chi connectivity index (χ3n) is 5.84. The van der Waals surface area contributed by atoms with Gasteiger partial charge in [-0.25, -0.2) is 4.39 Å². The van der Waals surface area contributed by atoms with Crippen molar-refractivity contribution in [2.45, 2.75) is 19.9 Å². The van der Waals surface area contributed by atoms with Crippen molar-refractivity contribution in [3.05, 3.63) is 89.4 Å². The number of ether oxygens (including phenoxy) is 3. The van der Waals surface area contributed by atoms with E-state index in [4.69, 9.17) is 14.2 Å². The molecule has 0 spiro atoms. The second-order valence-corrected chi connectivity index (χ2v) is 8.06. The van der Waals surface area contributed by atoms with Crippen LogP contribution in [0.4, 0.5) is 4.39 Å². The Kier molecular flexibility index (Phi) is 7.55. The molecule has 0 bridgehead atoms. The van der Waals surface area contributed by atoms with E-state index in [2.05, 4.69) is 5.32 Å². The summed E-state index contributed by atoms with van der Waals surface area (Å²) in [6.45, 7) is 3.33. The Hall–Kier alpha value is -4.00. The number of aromatic nitrogens is 1. The van der Waals surface area contributed by atoms with Crippen LogP contribution in [0, 0.1) is 5.82 Å². The summed E-state index contributed by atoms with van der Waals surface area (Å²) in [5.74, 6) is 1.56. The van der Waals surface area contributed by atoms with Crippen molar-refractivity contribution in [2.75, 3.05) is 27.4 Å². The van der Waals surface area contributed by atoms with Gasteiger partial charge in [-0.3, -0.25) is 4.79 Å². The van der Waals surface area contributed by atoms with Crippen molar-refractivity contribution in [2.24, 2.45) is 0 Å². The summed E-state index contributed by atoms with van der Waals surface area (Å²) in [4.78, 5) is 13.3. The number of hydrogen-bond acceptors (Lipinski definition) is 4. The minimum atomic E-state index is -0.294. The van der Waals surface area contributed by atoms with E-state index in [1.165, 1.54) is 12.1 Å². The van der Waals surface area contributed by atoms with E-state index in [1.54, 1.807) is 26.4 Å². The summed E-state index contributed by atoms with van der Waals surface area (Å²) >= 11 is 0. The fraction of sp³-hybridized carbons (Fsp3) is 0.250. The molecule has 0 radical (unpaired) electrons. The first-order chi connectivity index (χ1) is 17.0. The van der Waals surface area contributed by atoms with Crippen LogP contribution < -0.4 is 19.5 Å². The first kappa shape index (κ1) is 24.1. The van der Waals surface area contributed by atoms with Gasteiger partial charge in [0, 0.05) is 18.5 Å². The van der Waals surface area contributed by atoms with Gasteiger partial charge in [-0.2, -0.15) is 0 Å². The van der Waals surface area contributed by atoms with Crippen molar-refractivity contribution in [1.29, 1.82) is 0 Å². The van der Waals surface area contributed by atoms with Crippen LogP contribution in [0.1, 0.15) is 28.5 Å². The maximum absolute atomic E-state index is 13.4. The number of hydrogen-bond donors (Lipinski definition) is 1. The van der Waals surface area contributed by atoms with Gasteiger partial charge in [0.15, 0.2) is 11.5 Å². The third-order valence-corrected chi connectivity index (χ3v) is 5.84. The molecule has 0 unspecified atom stereocenters. The third kappa shape index (κ3) is 5.40. The van der Waals surface area contributed by atoms with E-state index in [0.29, 0.717) is 43.3 Å². The van der Waals surface area contributed by atoms with E-state index in [1.807, 2.05) is 54.0 Å². The summed E-state index contributed by atoms with van der Waals surface area (Å²) in [5, 5.41) is 3.89. The first-order valence-corrected chi connectivity index (χ1v) is 11.5. The SMILES string of the molecule is CCOc1cccc2c1cc(C(=O)NCCc1ccc(OC)c(OC)c1)n2Cc1ccc(F)cc1. The summed E-state index contributed by atoms with van der Waals surface area (Å²) in [5.41, 5.74) is 3.31. The predicted octanol–water partition coefficient (Wildman–Crippen LogP) is 5.22. The lowest BCUT2D eigenvalue weighted by molar-refractivity contribution is 0.0945. The Labute approximate surface area is 204 Å². The topological polar surface area (TPSA) is 61.7 Å². The molecule has 0 fully saturated rings. The van der Waals surface area contributed by atoms with E-state index < -0.39 is 0 Å². The van der Waals surface area contributed by atoms with E-state index in [-0.39, 0.29) is 11.7 Å². The molecule has 0 saturated heterocycles. The molecule has 0 aliphatic heterocycles. The van der Waals surface area contributed by atoms with Gasteiger partial charge in [0.2, 0.25) is 0 Å². The Bertz CT molecular complexity index is 1310. The smallest absolute Gasteiger partial charge is 0.267 e. The molecular weight excluding hydrogens is 447 g/mol. The number of carbonyl (C=O) groups excluding carboxylic acids is 1. The average molecular weight is 477 g/mol. The zero-order valence-corrected chi connectivity index (χ0v) is 20.1. The van der Waals surface area contributed by atoms with Gasteiger partial charge < -0.3 is 24.1 Å². The van der Waals surface area contributed by atoms with Crippen molar-refractivity contribution in [1.82, 2.24) is 9.88 Å². The molecule has 1 amide bonds. The molecule has 0 aliphatic carbocycles. The van der Waals surface area contributed by atoms with Gasteiger partial charge in [0.25, 0.3) is 5.91 Å². The van der Waals surface area contributed by atoms with E-state index >= 15 is 0 Å². The molecule has 0 saturated carbocycles. The number of halogens is 1. The summed E-state index contributed by atoms with van der Waals surface area (Å²) in [6.07, 6.45) is 0.633. The summed E-state index contributed by atoms with van der Waals surface area (Å²) in [6, 6.07) is 19.6. The molecule has 3 aromatic carbocycles. The van der Waals surface area contributed by atoms with Gasteiger partial charge >= 0.3 is 0 Å². The second-order valence-electron chi connectivity index (χ2n) is 8.06. The molecular formula is C28H29FN2O4. The highest BCUT2D eigenvalue weighted by atomic mass is 19.1. The number of amides is 1. The van der Waals surface area contributed by atoms with E-state index in [9.17, 15) is 9.18 Å². The van der Waals surface area contributed by atoms with Crippen LogP contribution >= 0.6 is 0 Å². The van der Waals surface area contributed by atoms with Crippen LogP contribution in [0.25, 0.3) is 10.9 Å². The Morgan fingerprint density at radius 2 is 1.66 bits per heavy atom. The second kappa shape index (κ2) is 11.0. The normalized spacial score (nSPS) is 10.9. The highest BCUT2D eigenvalue weighted by Crippen LogP contribution is 2.30. The zero-order chi connectivity index (χ0) is 24.8. The molecule has 1 aromatic heterocycles. The molecule has 4 rings (SSSR count). The number of nitrogens with zero attached hydrogens (tertiary/aromatic N) is 1. The van der Waals surface area contributed by atoms with Crippen LogP contribution in [-0.4, -0.2) is 37.8 Å². The standard InChI is InChI=1S/C28H29FN2O4/c1-4-35-25-7-5-6-23-22(25)17-24(31(23)18-20-8-11-21(29)12-9-20)28(32)30-15-14-19-10-13-26(33-2)27(16-19)34-3/h5-13,16-17H,4,14-15,18H2,1-3H3,(H,30,32). The minimum Gasteiger partial charge on any atom is -0.493 e. The van der Waals surface area contributed by atoms with Crippen LogP contribution in [0.5, 0.6) is 17.2 Å². The minimum absolute atomic E-state index is 0.189. The van der Waals surface area contributed by atoms with Crippen LogP contribution in [0.2, 0.25) is 0 Å². The lowest BCUT2D eigenvalue weighted by atomic mass is 10.1. The van der Waals surface area contributed by atoms with Crippen LogP contribution in [-0.2, 0) is 13.0 Å². The predicted molar refractivity (Wildman–Crippen MR) is 134 cm³/mol. The molecule has 0 atom stereocenters. The van der Waals surface area contributed by atoms with Crippen molar-refractivity contribution in [3.63, 3.8) is 0 Å². The molecule has 35 heavy (non-hydrogen) atoms. The van der Waals surface area contributed by atoms with Gasteiger partial charge in [-0.15, -0.1) is 0 Å². The Balaban J connectivity index is 1.58. The molecule has 1 heterocycles. The van der Waals surface area contributed by atoms with E-state index in [0.717, 1.165) is 27.8 Å². The molecule has 0 aliphatic rings. The molecule has 4 aromatic rings. The van der Waals surface area contributed by atoms with Crippen molar-refractivity contribution >= 4 is 16.8 Å². The molecule has 1 N–H and O–H groups in total. The molecule has 182 valence electrons. The largest absolute Gasteiger partial charge is 0.493 e. The Morgan fingerprint density at radius 1 is 0.914 bits per heavy atom. The zero-order valence-electron chi connectivity index (χ0n) is 20.1. The fourth-order valence-electron chi connectivity index (χ4n) is 4.12. The van der Waals surface area contributed by atoms with Gasteiger partial charge in [-0.05, 0) is 66.9 Å². The molecule has 7 heteroatoms.